The lowest BCUT2D eigenvalue weighted by molar-refractivity contribution is 0.0839. The van der Waals surface area contributed by atoms with Gasteiger partial charge < -0.3 is 9.94 Å². The Hall–Kier alpha value is -2.83. The molecule has 12 heteroatoms. The third-order valence-corrected chi connectivity index (χ3v) is 7.59. The van der Waals surface area contributed by atoms with Crippen LogP contribution >= 0.6 is 11.3 Å². The Kier molecular flexibility index (Phi) is 7.87. The highest BCUT2D eigenvalue weighted by molar-refractivity contribution is 7.10. The summed E-state index contributed by atoms with van der Waals surface area (Å²) in [6.45, 7) is 4.21. The first-order chi connectivity index (χ1) is 17.9. The highest BCUT2D eigenvalue weighted by Gasteiger charge is 2.29. The molecular weight excluding hydrogens is 510 g/mol. The van der Waals surface area contributed by atoms with Crippen molar-refractivity contribution in [1.82, 2.24) is 19.7 Å². The molecule has 1 saturated heterocycles. The fourth-order valence-electron chi connectivity index (χ4n) is 4.57. The lowest BCUT2D eigenvalue weighted by atomic mass is 9.97. The van der Waals surface area contributed by atoms with Crippen molar-refractivity contribution in [2.45, 2.75) is 50.7 Å². The molecule has 0 aliphatic carbocycles. The first kappa shape index (κ1) is 25.8. The zero-order valence-electron chi connectivity index (χ0n) is 19.7. The van der Waals surface area contributed by atoms with Crippen LogP contribution in [-0.2, 0) is 11.4 Å². The number of halogens is 4. The van der Waals surface area contributed by atoms with Crippen molar-refractivity contribution in [3.8, 4) is 0 Å². The van der Waals surface area contributed by atoms with Gasteiger partial charge in [-0.3, -0.25) is 9.58 Å². The molecule has 7 nitrogen and oxygen atoms in total. The Morgan fingerprint density at radius 2 is 1.89 bits per heavy atom. The third kappa shape index (κ3) is 5.70. The smallest absolute Gasteiger partial charge is 0.282 e. The standard InChI is InChI=1S/C25H25F4N5O2S/c26-23(27)19-11-21(24(28)29)34(31-19)10-9-33-7-5-15(6-8-33)25-30-20(14-37-25)18-12-22(36-32-18)17-4-2-1-3-16(17)13-35/h1-4,9-11,14-15,22-24,35H,5-8,12-13H2. The molecule has 2 aliphatic heterocycles. The number of hydrogen-bond acceptors (Lipinski definition) is 7. The minimum absolute atomic E-state index is 0.0633. The molecule has 2 aliphatic rings. The van der Waals surface area contributed by atoms with Crippen LogP contribution in [0.15, 0.2) is 40.9 Å². The van der Waals surface area contributed by atoms with Crippen LogP contribution in [0.5, 0.6) is 0 Å². The summed E-state index contributed by atoms with van der Waals surface area (Å²) in [6, 6.07) is 8.32. The van der Waals surface area contributed by atoms with E-state index in [-0.39, 0.29) is 18.6 Å². The highest BCUT2D eigenvalue weighted by atomic mass is 32.1. The van der Waals surface area contributed by atoms with Crippen LogP contribution in [0.25, 0.3) is 0 Å². The van der Waals surface area contributed by atoms with E-state index in [0.29, 0.717) is 19.5 Å². The number of thiazole rings is 1. The van der Waals surface area contributed by atoms with Gasteiger partial charge in [-0.05, 0) is 37.6 Å². The second-order valence-electron chi connectivity index (χ2n) is 8.91. The molecule has 1 fully saturated rings. The van der Waals surface area contributed by atoms with Gasteiger partial charge >= 0.3 is 0 Å². The van der Waals surface area contributed by atoms with E-state index in [1.165, 1.54) is 6.54 Å². The molecule has 2 aromatic heterocycles. The number of aliphatic hydroxyl groups is 1. The summed E-state index contributed by atoms with van der Waals surface area (Å²) in [4.78, 5) is 12.4. The molecule has 1 aromatic carbocycles. The molecule has 5 rings (SSSR count). The van der Waals surface area contributed by atoms with E-state index < -0.39 is 24.2 Å². The monoisotopic (exact) mass is 535 g/mol. The molecule has 0 spiro atoms. The van der Waals surface area contributed by atoms with Crippen molar-refractivity contribution in [1.29, 1.82) is 0 Å². The van der Waals surface area contributed by atoms with Gasteiger partial charge in [0.1, 0.15) is 17.1 Å². The number of benzene rings is 1. The first-order valence-corrected chi connectivity index (χ1v) is 12.8. The van der Waals surface area contributed by atoms with Crippen LogP contribution < -0.4 is 0 Å². The minimum Gasteiger partial charge on any atom is -0.392 e. The van der Waals surface area contributed by atoms with Crippen molar-refractivity contribution in [2.24, 2.45) is 5.16 Å². The lowest BCUT2D eigenvalue weighted by Gasteiger charge is -2.30. The van der Waals surface area contributed by atoms with Gasteiger partial charge in [0, 0.05) is 23.3 Å². The number of aromatic nitrogens is 3. The van der Waals surface area contributed by atoms with Crippen molar-refractivity contribution in [2.75, 3.05) is 13.1 Å². The number of likely N-dealkylation sites (tertiary alicyclic amines) is 1. The maximum absolute atomic E-state index is 13.2. The minimum atomic E-state index is -2.91. The quantitative estimate of drug-likeness (QED) is 0.360. The predicted molar refractivity (Wildman–Crippen MR) is 129 cm³/mol. The molecule has 0 bridgehead atoms. The second-order valence-corrected chi connectivity index (χ2v) is 9.80. The van der Waals surface area contributed by atoms with Gasteiger partial charge in [-0.25, -0.2) is 22.5 Å². The number of hydrogen-bond donors (Lipinski definition) is 1. The van der Waals surface area contributed by atoms with Crippen LogP contribution in [0.4, 0.5) is 17.6 Å². The molecule has 0 saturated carbocycles. The third-order valence-electron chi connectivity index (χ3n) is 6.59. The van der Waals surface area contributed by atoms with E-state index in [4.69, 9.17) is 9.82 Å². The maximum Gasteiger partial charge on any atom is 0.282 e. The zero-order valence-corrected chi connectivity index (χ0v) is 20.5. The SMILES string of the molecule is OCc1ccccc1C1CC(c2csc(C3CCN([CH][CH]n4nc(C(F)F)cc4C(F)F)CC3)n2)=NO1. The van der Waals surface area contributed by atoms with Crippen molar-refractivity contribution in [3.05, 3.63) is 82.0 Å². The summed E-state index contributed by atoms with van der Waals surface area (Å²) < 4.78 is 52.9. The maximum atomic E-state index is 13.2. The van der Waals surface area contributed by atoms with Gasteiger partial charge in [0.15, 0.2) is 6.10 Å². The molecule has 1 N–H and O–H groups in total. The number of rotatable bonds is 9. The lowest BCUT2D eigenvalue weighted by Crippen LogP contribution is -2.32. The fraction of sp³-hybridized carbons (Fsp3) is 0.400. The predicted octanol–water partition coefficient (Wildman–Crippen LogP) is 5.62. The van der Waals surface area contributed by atoms with Crippen molar-refractivity contribution < 1.29 is 27.5 Å². The summed E-state index contributed by atoms with van der Waals surface area (Å²) in [5, 5.41) is 20.4. The van der Waals surface area contributed by atoms with Gasteiger partial charge in [0.05, 0.1) is 30.4 Å². The summed E-state index contributed by atoms with van der Waals surface area (Å²) in [5.41, 5.74) is 2.08. The van der Waals surface area contributed by atoms with Crippen LogP contribution in [0, 0.1) is 13.1 Å². The second kappa shape index (κ2) is 11.3. The molecular formula is C25H25F4N5O2S. The zero-order chi connectivity index (χ0) is 25.9. The van der Waals surface area contributed by atoms with Gasteiger partial charge in [-0.2, -0.15) is 5.10 Å². The number of aliphatic hydroxyl groups excluding tert-OH is 1. The Bertz CT molecular complexity index is 1240. The Balaban J connectivity index is 1.14. The Morgan fingerprint density at radius 1 is 1.11 bits per heavy atom. The summed E-state index contributed by atoms with van der Waals surface area (Å²) >= 11 is 1.58. The van der Waals surface area contributed by atoms with Crippen molar-refractivity contribution in [3.63, 3.8) is 0 Å². The molecule has 2 radical (unpaired) electrons. The van der Waals surface area contributed by atoms with Gasteiger partial charge in [0.2, 0.25) is 0 Å². The Labute approximate surface area is 215 Å². The van der Waals surface area contributed by atoms with Crippen molar-refractivity contribution >= 4 is 17.0 Å². The molecule has 1 unspecified atom stereocenters. The number of piperidine rings is 1. The summed E-state index contributed by atoms with van der Waals surface area (Å²) in [5.74, 6) is 0.254. The number of alkyl halides is 4. The molecule has 1 atom stereocenters. The van der Waals surface area contributed by atoms with Crippen LogP contribution in [0.2, 0.25) is 0 Å². The average Bonchev–Trinajstić information content (AvgIpc) is 3.67. The molecule has 196 valence electrons. The molecule has 3 aromatic rings. The Morgan fingerprint density at radius 3 is 2.62 bits per heavy atom. The van der Waals surface area contributed by atoms with Gasteiger partial charge in [-0.15, -0.1) is 11.3 Å². The van der Waals surface area contributed by atoms with E-state index in [9.17, 15) is 22.7 Å². The van der Waals surface area contributed by atoms with E-state index in [1.54, 1.807) is 17.9 Å². The number of oxime groups is 1. The normalized spacial score (nSPS) is 19.1. The first-order valence-electron chi connectivity index (χ1n) is 11.9. The molecule has 37 heavy (non-hydrogen) atoms. The van der Waals surface area contributed by atoms with Gasteiger partial charge in [0.25, 0.3) is 12.9 Å². The van der Waals surface area contributed by atoms with Crippen LogP contribution in [0.1, 0.15) is 77.4 Å². The van der Waals surface area contributed by atoms with Crippen LogP contribution in [-0.4, -0.2) is 43.6 Å². The summed E-state index contributed by atoms with van der Waals surface area (Å²) in [6.07, 6.45) is -3.86. The molecule has 0 amide bonds. The van der Waals surface area contributed by atoms with E-state index in [0.717, 1.165) is 51.1 Å². The van der Waals surface area contributed by atoms with E-state index in [2.05, 4.69) is 10.3 Å². The fourth-order valence-corrected chi connectivity index (χ4v) is 5.57. The number of nitrogens with zero attached hydrogens (tertiary/aromatic N) is 5. The molecule has 4 heterocycles. The largest absolute Gasteiger partial charge is 0.392 e. The van der Waals surface area contributed by atoms with Gasteiger partial charge in [-0.1, -0.05) is 29.4 Å². The average molecular weight is 536 g/mol. The van der Waals surface area contributed by atoms with E-state index in [1.807, 2.05) is 34.5 Å². The topological polar surface area (TPSA) is 75.8 Å². The highest BCUT2D eigenvalue weighted by Crippen LogP contribution is 2.35. The summed E-state index contributed by atoms with van der Waals surface area (Å²) in [7, 11) is 0. The van der Waals surface area contributed by atoms with E-state index >= 15 is 0 Å². The van der Waals surface area contributed by atoms with Crippen LogP contribution in [0.3, 0.4) is 0 Å².